The van der Waals surface area contributed by atoms with Crippen LogP contribution in [0.1, 0.15) is 57.6 Å². The number of nitrogens with zero attached hydrogens (tertiary/aromatic N) is 4. The summed E-state index contributed by atoms with van der Waals surface area (Å²) in [4.78, 5) is 30.4. The normalized spacial score (nSPS) is 15.8. The van der Waals surface area contributed by atoms with Crippen LogP contribution >= 0.6 is 11.3 Å². The lowest BCUT2D eigenvalue weighted by Crippen LogP contribution is -2.34. The molecule has 186 valence electrons. The number of fused-ring (bicyclic) bond motifs is 2. The monoisotopic (exact) mass is 500 g/mol. The van der Waals surface area contributed by atoms with Crippen LogP contribution in [-0.2, 0) is 4.79 Å². The van der Waals surface area contributed by atoms with Gasteiger partial charge in [-0.15, -0.1) is 11.3 Å². The number of hydrogen-bond donors (Lipinski definition) is 2. The minimum absolute atomic E-state index is 0.201. The van der Waals surface area contributed by atoms with E-state index in [1.807, 2.05) is 29.5 Å². The van der Waals surface area contributed by atoms with Crippen molar-refractivity contribution in [3.05, 3.63) is 60.0 Å². The molecule has 4 aromatic rings. The van der Waals surface area contributed by atoms with Crippen LogP contribution in [0.3, 0.4) is 0 Å². The summed E-state index contributed by atoms with van der Waals surface area (Å²) in [5, 5.41) is 4.35. The van der Waals surface area contributed by atoms with Crippen molar-refractivity contribution >= 4 is 55.6 Å². The van der Waals surface area contributed by atoms with E-state index in [-0.39, 0.29) is 5.91 Å². The smallest absolute Gasteiger partial charge is 0.222 e. The Bertz CT molecular complexity index is 1390. The second-order valence-electron chi connectivity index (χ2n) is 9.11. The Hall–Kier alpha value is -3.52. The van der Waals surface area contributed by atoms with Gasteiger partial charge in [-0.1, -0.05) is 31.6 Å². The molecule has 0 atom stereocenters. The number of nitrogens with one attached hydrogen (secondary N) is 2. The fourth-order valence-corrected chi connectivity index (χ4v) is 5.30. The molecular formula is C28H32N6OS. The number of allylic oxidation sites excluding steroid dienone is 2. The highest BCUT2D eigenvalue weighted by Gasteiger charge is 2.18. The number of anilines is 2. The first-order valence-corrected chi connectivity index (χ1v) is 13.7. The highest BCUT2D eigenvalue weighted by Crippen LogP contribution is 2.30. The molecule has 0 bridgehead atoms. The van der Waals surface area contributed by atoms with Crippen LogP contribution in [0.2, 0.25) is 0 Å². The number of aromatic amines is 1. The highest BCUT2D eigenvalue weighted by molar-refractivity contribution is 7.16. The van der Waals surface area contributed by atoms with Crippen molar-refractivity contribution in [1.82, 2.24) is 24.8 Å². The number of amides is 1. The van der Waals surface area contributed by atoms with Crippen molar-refractivity contribution in [3.8, 4) is 0 Å². The number of aromatic nitrogens is 4. The van der Waals surface area contributed by atoms with Gasteiger partial charge in [-0.3, -0.25) is 4.79 Å². The van der Waals surface area contributed by atoms with Gasteiger partial charge >= 0.3 is 0 Å². The van der Waals surface area contributed by atoms with E-state index >= 15 is 0 Å². The summed E-state index contributed by atoms with van der Waals surface area (Å²) in [5.41, 5.74) is 6.85. The van der Waals surface area contributed by atoms with Crippen LogP contribution in [0.15, 0.2) is 54.3 Å². The molecule has 0 unspecified atom stereocenters. The number of hydrogen-bond acceptors (Lipinski definition) is 6. The van der Waals surface area contributed by atoms with Gasteiger partial charge in [0.15, 0.2) is 0 Å². The van der Waals surface area contributed by atoms with Crippen LogP contribution in [0.4, 0.5) is 11.5 Å². The van der Waals surface area contributed by atoms with Gasteiger partial charge in [-0.05, 0) is 61.9 Å². The van der Waals surface area contributed by atoms with Gasteiger partial charge in [0.1, 0.15) is 17.8 Å². The molecule has 1 amide bonds. The fourth-order valence-electron chi connectivity index (χ4n) is 4.58. The number of benzene rings is 1. The maximum Gasteiger partial charge on any atom is 0.222 e. The van der Waals surface area contributed by atoms with Crippen LogP contribution < -0.4 is 5.32 Å². The van der Waals surface area contributed by atoms with E-state index < -0.39 is 0 Å². The van der Waals surface area contributed by atoms with E-state index in [9.17, 15) is 4.79 Å². The van der Waals surface area contributed by atoms with Crippen molar-refractivity contribution in [2.45, 2.75) is 51.9 Å². The maximum absolute atomic E-state index is 11.9. The first kappa shape index (κ1) is 24.2. The lowest BCUT2D eigenvalue weighted by Gasteiger charge is -2.25. The molecule has 0 saturated heterocycles. The fraction of sp³-hybridized carbons (Fsp3) is 0.357. The lowest BCUT2D eigenvalue weighted by atomic mass is 10.0. The minimum Gasteiger partial charge on any atom is -0.340 e. The van der Waals surface area contributed by atoms with Crippen molar-refractivity contribution < 1.29 is 4.79 Å². The molecule has 0 saturated carbocycles. The number of thiazole rings is 1. The van der Waals surface area contributed by atoms with E-state index in [1.54, 1.807) is 17.7 Å². The number of carbonyl (C=O) groups is 1. The molecule has 1 aliphatic carbocycles. The standard InChI is InChI=1S/C21H20N6OS.C7H12/c1-2-19(28)27-7-5-13(6-8-27)17-10-15-20(22-11-23-21(15)26-17)25-14-3-4-16-18(9-14)29-12-24-16;1-2-4-6-7-5-3-1/h3-5,9-12H,2,6-8H2,1H3,(H2,22,23,25,26);1-2H,3-7H2. The lowest BCUT2D eigenvalue weighted by molar-refractivity contribution is -0.130. The Morgan fingerprint density at radius 3 is 2.75 bits per heavy atom. The Labute approximate surface area is 215 Å². The first-order valence-electron chi connectivity index (χ1n) is 12.8. The average molecular weight is 501 g/mol. The minimum atomic E-state index is 0.201. The molecule has 1 aliphatic heterocycles. The van der Waals surface area contributed by atoms with E-state index in [4.69, 9.17) is 0 Å². The van der Waals surface area contributed by atoms with Gasteiger partial charge in [0.05, 0.1) is 21.1 Å². The van der Waals surface area contributed by atoms with Gasteiger partial charge in [0.25, 0.3) is 0 Å². The van der Waals surface area contributed by atoms with Crippen LogP contribution in [0.5, 0.6) is 0 Å². The summed E-state index contributed by atoms with van der Waals surface area (Å²) in [5.74, 6) is 0.966. The molecule has 6 rings (SSSR count). The van der Waals surface area contributed by atoms with E-state index in [1.165, 1.54) is 37.7 Å². The molecule has 1 aromatic carbocycles. The molecule has 36 heavy (non-hydrogen) atoms. The van der Waals surface area contributed by atoms with E-state index in [2.05, 4.69) is 55.6 Å². The Balaban J connectivity index is 0.000000330. The summed E-state index contributed by atoms with van der Waals surface area (Å²) >= 11 is 1.62. The zero-order valence-corrected chi connectivity index (χ0v) is 21.5. The molecule has 0 fully saturated rings. The summed E-state index contributed by atoms with van der Waals surface area (Å²) in [7, 11) is 0. The predicted molar refractivity (Wildman–Crippen MR) is 148 cm³/mol. The zero-order chi connectivity index (χ0) is 24.7. The molecule has 2 aliphatic rings. The first-order chi connectivity index (χ1) is 17.7. The molecule has 4 heterocycles. The molecule has 2 N–H and O–H groups in total. The number of rotatable bonds is 4. The predicted octanol–water partition coefficient (Wildman–Crippen LogP) is 6.84. The van der Waals surface area contributed by atoms with Crippen molar-refractivity contribution in [2.24, 2.45) is 0 Å². The van der Waals surface area contributed by atoms with Gasteiger partial charge in [-0.25, -0.2) is 15.0 Å². The van der Waals surface area contributed by atoms with E-state index in [0.717, 1.165) is 51.4 Å². The molecule has 7 nitrogen and oxygen atoms in total. The van der Waals surface area contributed by atoms with Gasteiger partial charge in [0.2, 0.25) is 5.91 Å². The van der Waals surface area contributed by atoms with Crippen LogP contribution in [0, 0.1) is 0 Å². The summed E-state index contributed by atoms with van der Waals surface area (Å²) in [6.45, 7) is 3.31. The molecule has 0 radical (unpaired) electrons. The maximum atomic E-state index is 11.9. The second-order valence-corrected chi connectivity index (χ2v) is 10.00. The number of carbonyl (C=O) groups excluding carboxylic acids is 1. The average Bonchev–Trinajstić information content (AvgIpc) is 3.46. The molecular weight excluding hydrogens is 468 g/mol. The highest BCUT2D eigenvalue weighted by atomic mass is 32.1. The summed E-state index contributed by atoms with van der Waals surface area (Å²) < 4.78 is 1.13. The second kappa shape index (κ2) is 11.5. The Morgan fingerprint density at radius 1 is 1.11 bits per heavy atom. The SMILES string of the molecule is C1=CCCCCC1.CCC(=O)N1CC=C(c2cc3c(Nc4ccc5ncsc5c4)ncnc3[nH]2)CC1. The quantitative estimate of drug-likeness (QED) is 0.300. The third-order valence-corrected chi connectivity index (χ3v) is 7.43. The Kier molecular flexibility index (Phi) is 7.71. The summed E-state index contributed by atoms with van der Waals surface area (Å²) in [6, 6.07) is 8.18. The van der Waals surface area contributed by atoms with Crippen LogP contribution in [0.25, 0.3) is 26.8 Å². The third kappa shape index (κ3) is 5.65. The van der Waals surface area contributed by atoms with E-state index in [0.29, 0.717) is 13.0 Å². The van der Waals surface area contributed by atoms with Crippen molar-refractivity contribution in [1.29, 1.82) is 0 Å². The topological polar surface area (TPSA) is 86.8 Å². The third-order valence-electron chi connectivity index (χ3n) is 6.64. The van der Waals surface area contributed by atoms with Crippen LogP contribution in [-0.4, -0.2) is 43.8 Å². The van der Waals surface area contributed by atoms with Gasteiger partial charge in [-0.2, -0.15) is 0 Å². The van der Waals surface area contributed by atoms with Crippen molar-refractivity contribution in [2.75, 3.05) is 18.4 Å². The largest absolute Gasteiger partial charge is 0.340 e. The molecule has 8 heteroatoms. The molecule has 3 aromatic heterocycles. The Morgan fingerprint density at radius 2 is 1.97 bits per heavy atom. The zero-order valence-electron chi connectivity index (χ0n) is 20.7. The van der Waals surface area contributed by atoms with Crippen molar-refractivity contribution in [3.63, 3.8) is 0 Å². The van der Waals surface area contributed by atoms with Gasteiger partial charge < -0.3 is 15.2 Å². The number of H-pyrrole nitrogens is 1. The summed E-state index contributed by atoms with van der Waals surface area (Å²) in [6.07, 6.45) is 16.6. The molecule has 0 spiro atoms. The van der Waals surface area contributed by atoms with Gasteiger partial charge in [0, 0.05) is 30.9 Å².